The number of carbonyl (C=O) groups is 1. The summed E-state index contributed by atoms with van der Waals surface area (Å²) in [5.74, 6) is 1.65. The molecule has 2 rings (SSSR count). The van der Waals surface area contributed by atoms with Crippen LogP contribution in [-0.4, -0.2) is 44.2 Å². The number of hydrogen-bond acceptors (Lipinski definition) is 5. The minimum absolute atomic E-state index is 0.116. The van der Waals surface area contributed by atoms with Crippen molar-refractivity contribution in [2.45, 2.75) is 6.54 Å². The minimum atomic E-state index is -0.116. The average molecular weight is 316 g/mol. The first kappa shape index (κ1) is 16.6. The fourth-order valence-electron chi connectivity index (χ4n) is 2.17. The van der Waals surface area contributed by atoms with Gasteiger partial charge in [-0.3, -0.25) is 4.79 Å². The van der Waals surface area contributed by atoms with Gasteiger partial charge in [-0.05, 0) is 23.8 Å². The Bertz CT molecular complexity index is 671. The van der Waals surface area contributed by atoms with E-state index in [0.29, 0.717) is 29.5 Å². The summed E-state index contributed by atoms with van der Waals surface area (Å²) in [4.78, 5) is 18.1. The van der Waals surface area contributed by atoms with E-state index in [-0.39, 0.29) is 5.91 Å². The zero-order chi connectivity index (χ0) is 16.8. The molecule has 122 valence electrons. The standard InChI is InChI=1S/C17H20N2O4/c1-19(17(20)13-6-8-16(23-4)18-10-13)11-12-5-7-14(21-2)15(9-12)22-3/h5-10H,11H2,1-4H3. The smallest absolute Gasteiger partial charge is 0.255 e. The lowest BCUT2D eigenvalue weighted by molar-refractivity contribution is 0.0784. The molecule has 0 atom stereocenters. The Morgan fingerprint density at radius 3 is 2.35 bits per heavy atom. The fourth-order valence-corrected chi connectivity index (χ4v) is 2.17. The molecule has 0 saturated heterocycles. The van der Waals surface area contributed by atoms with Gasteiger partial charge in [-0.15, -0.1) is 0 Å². The van der Waals surface area contributed by atoms with Crippen LogP contribution in [0.5, 0.6) is 17.4 Å². The molecule has 0 unspecified atom stereocenters. The van der Waals surface area contributed by atoms with Gasteiger partial charge in [0.1, 0.15) is 0 Å². The number of carbonyl (C=O) groups excluding carboxylic acids is 1. The maximum absolute atomic E-state index is 12.4. The highest BCUT2D eigenvalue weighted by atomic mass is 16.5. The summed E-state index contributed by atoms with van der Waals surface area (Å²) in [6.45, 7) is 0.450. The normalized spacial score (nSPS) is 10.1. The van der Waals surface area contributed by atoms with E-state index in [2.05, 4.69) is 4.98 Å². The summed E-state index contributed by atoms with van der Waals surface area (Å²) in [6.07, 6.45) is 1.51. The molecule has 0 saturated carbocycles. The van der Waals surface area contributed by atoms with Crippen molar-refractivity contribution in [2.75, 3.05) is 28.4 Å². The molecule has 1 aromatic carbocycles. The van der Waals surface area contributed by atoms with E-state index in [4.69, 9.17) is 14.2 Å². The lowest BCUT2D eigenvalue weighted by atomic mass is 10.1. The number of amides is 1. The van der Waals surface area contributed by atoms with E-state index < -0.39 is 0 Å². The van der Waals surface area contributed by atoms with Gasteiger partial charge in [-0.25, -0.2) is 4.98 Å². The van der Waals surface area contributed by atoms with Gasteiger partial charge < -0.3 is 19.1 Å². The minimum Gasteiger partial charge on any atom is -0.493 e. The molecule has 1 amide bonds. The molecule has 1 aromatic heterocycles. The van der Waals surface area contributed by atoms with Gasteiger partial charge in [-0.2, -0.15) is 0 Å². The molecule has 2 aromatic rings. The van der Waals surface area contributed by atoms with Crippen LogP contribution in [-0.2, 0) is 6.54 Å². The van der Waals surface area contributed by atoms with Crippen LogP contribution in [0.3, 0.4) is 0 Å². The molecule has 0 radical (unpaired) electrons. The molecule has 23 heavy (non-hydrogen) atoms. The van der Waals surface area contributed by atoms with E-state index in [1.807, 2.05) is 18.2 Å². The van der Waals surface area contributed by atoms with E-state index in [1.165, 1.54) is 13.3 Å². The number of ether oxygens (including phenoxy) is 3. The Hall–Kier alpha value is -2.76. The fraction of sp³-hybridized carbons (Fsp3) is 0.294. The third kappa shape index (κ3) is 3.91. The van der Waals surface area contributed by atoms with Crippen molar-refractivity contribution in [1.82, 2.24) is 9.88 Å². The maximum Gasteiger partial charge on any atom is 0.255 e. The first-order chi connectivity index (χ1) is 11.1. The number of nitrogens with zero attached hydrogens (tertiary/aromatic N) is 2. The van der Waals surface area contributed by atoms with E-state index in [9.17, 15) is 4.79 Å². The van der Waals surface area contributed by atoms with Crippen LogP contribution in [0.1, 0.15) is 15.9 Å². The lowest BCUT2D eigenvalue weighted by Crippen LogP contribution is -2.26. The van der Waals surface area contributed by atoms with E-state index >= 15 is 0 Å². The quantitative estimate of drug-likeness (QED) is 0.819. The monoisotopic (exact) mass is 316 g/mol. The molecule has 0 aliphatic heterocycles. The van der Waals surface area contributed by atoms with E-state index in [0.717, 1.165) is 5.56 Å². The number of benzene rings is 1. The van der Waals surface area contributed by atoms with Crippen molar-refractivity contribution in [3.63, 3.8) is 0 Å². The Kier molecular flexibility index (Phi) is 5.41. The van der Waals surface area contributed by atoms with Gasteiger partial charge in [0.2, 0.25) is 5.88 Å². The van der Waals surface area contributed by atoms with Crippen molar-refractivity contribution in [3.8, 4) is 17.4 Å². The molecule has 0 aliphatic carbocycles. The molecular weight excluding hydrogens is 296 g/mol. The molecule has 0 N–H and O–H groups in total. The number of methoxy groups -OCH3 is 3. The van der Waals surface area contributed by atoms with Crippen molar-refractivity contribution >= 4 is 5.91 Å². The van der Waals surface area contributed by atoms with Gasteiger partial charge in [0.15, 0.2) is 11.5 Å². The molecule has 6 nitrogen and oxygen atoms in total. The number of aromatic nitrogens is 1. The number of rotatable bonds is 6. The van der Waals surface area contributed by atoms with Crippen LogP contribution in [0.4, 0.5) is 0 Å². The van der Waals surface area contributed by atoms with Crippen LogP contribution < -0.4 is 14.2 Å². The van der Waals surface area contributed by atoms with Crippen molar-refractivity contribution in [3.05, 3.63) is 47.7 Å². The lowest BCUT2D eigenvalue weighted by Gasteiger charge is -2.18. The van der Waals surface area contributed by atoms with Gasteiger partial charge in [0, 0.05) is 25.9 Å². The van der Waals surface area contributed by atoms with Gasteiger partial charge in [0.25, 0.3) is 5.91 Å². The molecule has 0 fully saturated rings. The summed E-state index contributed by atoms with van der Waals surface area (Å²) in [5.41, 5.74) is 1.45. The Morgan fingerprint density at radius 1 is 1.04 bits per heavy atom. The summed E-state index contributed by atoms with van der Waals surface area (Å²) in [7, 11) is 6.44. The topological polar surface area (TPSA) is 60.9 Å². The highest BCUT2D eigenvalue weighted by molar-refractivity contribution is 5.93. The predicted octanol–water partition coefficient (Wildman–Crippen LogP) is 2.38. The highest BCUT2D eigenvalue weighted by Crippen LogP contribution is 2.28. The summed E-state index contributed by atoms with van der Waals surface area (Å²) >= 11 is 0. The van der Waals surface area contributed by atoms with Gasteiger partial charge in [-0.1, -0.05) is 6.07 Å². The zero-order valence-corrected chi connectivity index (χ0v) is 13.7. The second kappa shape index (κ2) is 7.49. The van der Waals surface area contributed by atoms with Crippen LogP contribution in [0.15, 0.2) is 36.5 Å². The van der Waals surface area contributed by atoms with Crippen LogP contribution in [0, 0.1) is 0 Å². The zero-order valence-electron chi connectivity index (χ0n) is 13.7. The summed E-state index contributed by atoms with van der Waals surface area (Å²) < 4.78 is 15.5. The number of pyridine rings is 1. The van der Waals surface area contributed by atoms with Crippen LogP contribution >= 0.6 is 0 Å². The van der Waals surface area contributed by atoms with Crippen LogP contribution in [0.25, 0.3) is 0 Å². The van der Waals surface area contributed by atoms with Crippen molar-refractivity contribution < 1.29 is 19.0 Å². The molecule has 0 aliphatic rings. The predicted molar refractivity (Wildman–Crippen MR) is 86.1 cm³/mol. The third-order valence-corrected chi connectivity index (χ3v) is 3.41. The Morgan fingerprint density at radius 2 is 1.78 bits per heavy atom. The first-order valence-corrected chi connectivity index (χ1v) is 7.05. The van der Waals surface area contributed by atoms with Gasteiger partial charge in [0.05, 0.1) is 26.9 Å². The summed E-state index contributed by atoms with van der Waals surface area (Å²) in [6, 6.07) is 8.93. The molecule has 1 heterocycles. The molecule has 0 bridgehead atoms. The van der Waals surface area contributed by atoms with Crippen molar-refractivity contribution in [2.24, 2.45) is 0 Å². The van der Waals surface area contributed by atoms with Gasteiger partial charge >= 0.3 is 0 Å². The Labute approximate surface area is 135 Å². The second-order valence-corrected chi connectivity index (χ2v) is 4.94. The second-order valence-electron chi connectivity index (χ2n) is 4.94. The van der Waals surface area contributed by atoms with Crippen LogP contribution in [0.2, 0.25) is 0 Å². The van der Waals surface area contributed by atoms with E-state index in [1.54, 1.807) is 38.3 Å². The Balaban J connectivity index is 2.11. The SMILES string of the molecule is COc1ccc(C(=O)N(C)Cc2ccc(OC)c(OC)c2)cn1. The third-order valence-electron chi connectivity index (χ3n) is 3.41. The highest BCUT2D eigenvalue weighted by Gasteiger charge is 2.14. The average Bonchev–Trinajstić information content (AvgIpc) is 2.60. The molecule has 6 heteroatoms. The first-order valence-electron chi connectivity index (χ1n) is 7.05. The van der Waals surface area contributed by atoms with Crippen molar-refractivity contribution in [1.29, 1.82) is 0 Å². The molecular formula is C17H20N2O4. The number of hydrogen-bond donors (Lipinski definition) is 0. The summed E-state index contributed by atoms with van der Waals surface area (Å²) in [5, 5.41) is 0. The molecule has 0 spiro atoms. The largest absolute Gasteiger partial charge is 0.493 e. The maximum atomic E-state index is 12.4.